The summed E-state index contributed by atoms with van der Waals surface area (Å²) in [7, 11) is 0. The highest BCUT2D eigenvalue weighted by Gasteiger charge is 2.17. The van der Waals surface area contributed by atoms with Gasteiger partial charge in [-0.2, -0.15) is 0 Å². The molecule has 1 aliphatic rings. The van der Waals surface area contributed by atoms with E-state index in [4.69, 9.17) is 0 Å². The number of allylic oxidation sites excluding steroid dienone is 1. The van der Waals surface area contributed by atoms with Crippen LogP contribution >= 0.6 is 0 Å². The average molecular weight is 353 g/mol. The van der Waals surface area contributed by atoms with Gasteiger partial charge in [0, 0.05) is 53.9 Å². The van der Waals surface area contributed by atoms with Crippen LogP contribution in [0, 0.1) is 0 Å². The van der Waals surface area contributed by atoms with Crippen molar-refractivity contribution >= 4 is 34.4 Å². The first-order chi connectivity index (χ1) is 13.3. The molecule has 0 saturated carbocycles. The van der Waals surface area contributed by atoms with Crippen molar-refractivity contribution < 1.29 is 4.79 Å². The average Bonchev–Trinajstić information content (AvgIpc) is 3.32. The van der Waals surface area contributed by atoms with Crippen molar-refractivity contribution in [1.82, 2.24) is 19.9 Å². The number of amides is 1. The second kappa shape index (κ2) is 6.17. The van der Waals surface area contributed by atoms with Crippen molar-refractivity contribution in [2.45, 2.75) is 6.42 Å². The third kappa shape index (κ3) is 2.77. The highest BCUT2D eigenvalue weighted by Crippen LogP contribution is 2.34. The zero-order valence-electron chi connectivity index (χ0n) is 14.3. The minimum Gasteiger partial charge on any atom is -0.345 e. The van der Waals surface area contributed by atoms with Crippen LogP contribution in [-0.2, 0) is 6.42 Å². The van der Waals surface area contributed by atoms with Crippen molar-refractivity contribution in [2.75, 3.05) is 5.32 Å². The Morgan fingerprint density at radius 2 is 1.89 bits per heavy atom. The Kier molecular flexibility index (Phi) is 3.53. The lowest BCUT2D eigenvalue weighted by Gasteiger charge is -2.05. The van der Waals surface area contributed by atoms with E-state index in [9.17, 15) is 4.79 Å². The van der Waals surface area contributed by atoms with E-state index in [-0.39, 0.29) is 5.91 Å². The minimum absolute atomic E-state index is 0.211. The molecular weight excluding hydrogens is 338 g/mol. The van der Waals surface area contributed by atoms with Crippen molar-refractivity contribution in [2.24, 2.45) is 0 Å². The van der Waals surface area contributed by atoms with E-state index in [0.717, 1.165) is 23.0 Å². The standard InChI is InChI=1S/C21H15N5O/c27-21(13-3-6-22-7-4-13)26-19-2-1-17-18(12-24-20(17)25-19)15-9-14-5-8-23-11-16(14)10-15/h1-9,11-12H,10H2,(H2,24,25,26,27). The molecule has 4 heterocycles. The number of nitrogens with zero attached hydrogens (tertiary/aromatic N) is 3. The van der Waals surface area contributed by atoms with Crippen LogP contribution in [0.5, 0.6) is 0 Å². The van der Waals surface area contributed by atoms with Crippen LogP contribution in [0.25, 0.3) is 22.7 Å². The fourth-order valence-electron chi connectivity index (χ4n) is 3.38. The first-order valence-electron chi connectivity index (χ1n) is 8.61. The van der Waals surface area contributed by atoms with Gasteiger partial charge in [-0.05, 0) is 47.0 Å². The van der Waals surface area contributed by atoms with Gasteiger partial charge in [0.15, 0.2) is 0 Å². The maximum Gasteiger partial charge on any atom is 0.256 e. The van der Waals surface area contributed by atoms with Gasteiger partial charge in [-0.15, -0.1) is 0 Å². The Hall–Kier alpha value is -3.80. The molecule has 6 nitrogen and oxygen atoms in total. The van der Waals surface area contributed by atoms with Crippen LogP contribution in [0.15, 0.2) is 61.3 Å². The molecule has 130 valence electrons. The summed E-state index contributed by atoms with van der Waals surface area (Å²) in [5.74, 6) is 0.295. The molecule has 2 N–H and O–H groups in total. The number of fused-ring (bicyclic) bond motifs is 2. The van der Waals surface area contributed by atoms with Gasteiger partial charge in [0.2, 0.25) is 0 Å². The van der Waals surface area contributed by atoms with Gasteiger partial charge in [0.1, 0.15) is 11.5 Å². The number of carbonyl (C=O) groups is 1. The predicted octanol–water partition coefficient (Wildman–Crippen LogP) is 3.70. The first kappa shape index (κ1) is 15.5. The molecule has 6 heteroatoms. The Morgan fingerprint density at radius 3 is 2.74 bits per heavy atom. The van der Waals surface area contributed by atoms with Crippen LogP contribution in [0.2, 0.25) is 0 Å². The largest absolute Gasteiger partial charge is 0.345 e. The lowest BCUT2D eigenvalue weighted by Crippen LogP contribution is -2.12. The zero-order chi connectivity index (χ0) is 18.2. The predicted molar refractivity (Wildman–Crippen MR) is 104 cm³/mol. The van der Waals surface area contributed by atoms with Crippen LogP contribution in [0.3, 0.4) is 0 Å². The van der Waals surface area contributed by atoms with E-state index in [1.54, 1.807) is 24.5 Å². The molecule has 0 bridgehead atoms. The van der Waals surface area contributed by atoms with Crippen LogP contribution in [0.4, 0.5) is 5.82 Å². The molecular formula is C21H15N5O. The van der Waals surface area contributed by atoms with Gasteiger partial charge in [-0.3, -0.25) is 14.8 Å². The number of hydrogen-bond acceptors (Lipinski definition) is 4. The maximum atomic E-state index is 12.3. The van der Waals surface area contributed by atoms with Crippen molar-refractivity contribution in [3.8, 4) is 0 Å². The Labute approximate surface area is 155 Å². The van der Waals surface area contributed by atoms with Crippen LogP contribution in [0.1, 0.15) is 27.0 Å². The molecule has 0 unspecified atom stereocenters. The topological polar surface area (TPSA) is 83.6 Å². The second-order valence-corrected chi connectivity index (χ2v) is 6.41. The van der Waals surface area contributed by atoms with Crippen molar-refractivity contribution in [3.63, 3.8) is 0 Å². The molecule has 0 fully saturated rings. The molecule has 5 rings (SSSR count). The fraction of sp³-hybridized carbons (Fsp3) is 0.0476. The number of hydrogen-bond donors (Lipinski definition) is 2. The second-order valence-electron chi connectivity index (χ2n) is 6.41. The molecule has 0 aliphatic heterocycles. The highest BCUT2D eigenvalue weighted by atomic mass is 16.1. The fourth-order valence-corrected chi connectivity index (χ4v) is 3.38. The molecule has 1 aliphatic carbocycles. The molecule has 0 aromatic carbocycles. The smallest absolute Gasteiger partial charge is 0.256 e. The van der Waals surface area contributed by atoms with E-state index in [2.05, 4.69) is 31.3 Å². The third-order valence-electron chi connectivity index (χ3n) is 4.72. The number of anilines is 1. The molecule has 1 amide bonds. The summed E-state index contributed by atoms with van der Waals surface area (Å²) in [6.45, 7) is 0. The normalized spacial score (nSPS) is 12.7. The van der Waals surface area contributed by atoms with Crippen LogP contribution < -0.4 is 5.32 Å². The van der Waals surface area contributed by atoms with E-state index >= 15 is 0 Å². The number of aromatic nitrogens is 4. The summed E-state index contributed by atoms with van der Waals surface area (Å²) in [6.07, 6.45) is 11.9. The Morgan fingerprint density at radius 1 is 1.04 bits per heavy atom. The quantitative estimate of drug-likeness (QED) is 0.588. The van der Waals surface area contributed by atoms with Gasteiger partial charge < -0.3 is 10.3 Å². The zero-order valence-corrected chi connectivity index (χ0v) is 14.3. The summed E-state index contributed by atoms with van der Waals surface area (Å²) in [4.78, 5) is 28.2. The Balaban J connectivity index is 1.43. The van der Waals surface area contributed by atoms with Crippen molar-refractivity contribution in [3.05, 3.63) is 83.6 Å². The summed E-state index contributed by atoms with van der Waals surface area (Å²) < 4.78 is 0. The lowest BCUT2D eigenvalue weighted by molar-refractivity contribution is 0.102. The number of carbonyl (C=O) groups excluding carboxylic acids is 1. The minimum atomic E-state index is -0.211. The SMILES string of the molecule is O=C(Nc1ccc2c(C3=Cc4ccncc4C3)c[nH]c2n1)c1ccncc1. The Bertz CT molecular complexity index is 1190. The molecule has 4 aromatic rings. The first-order valence-corrected chi connectivity index (χ1v) is 8.61. The summed E-state index contributed by atoms with van der Waals surface area (Å²) in [5.41, 5.74) is 6.09. The van der Waals surface area contributed by atoms with Gasteiger partial charge in [0.05, 0.1) is 0 Å². The van der Waals surface area contributed by atoms with Gasteiger partial charge in [-0.25, -0.2) is 4.98 Å². The third-order valence-corrected chi connectivity index (χ3v) is 4.72. The van der Waals surface area contributed by atoms with Gasteiger partial charge >= 0.3 is 0 Å². The van der Waals surface area contributed by atoms with E-state index in [1.165, 1.54) is 16.7 Å². The van der Waals surface area contributed by atoms with E-state index in [0.29, 0.717) is 11.4 Å². The van der Waals surface area contributed by atoms with Gasteiger partial charge in [0.25, 0.3) is 5.91 Å². The molecule has 0 radical (unpaired) electrons. The number of H-pyrrole nitrogens is 1. The number of rotatable bonds is 3. The monoisotopic (exact) mass is 353 g/mol. The van der Waals surface area contributed by atoms with E-state index in [1.807, 2.05) is 36.8 Å². The summed E-state index contributed by atoms with van der Waals surface area (Å²) in [6, 6.07) is 9.17. The summed E-state index contributed by atoms with van der Waals surface area (Å²) in [5, 5.41) is 3.85. The highest BCUT2D eigenvalue weighted by molar-refractivity contribution is 6.04. The molecule has 0 saturated heterocycles. The van der Waals surface area contributed by atoms with Crippen LogP contribution in [-0.4, -0.2) is 25.8 Å². The maximum absolute atomic E-state index is 12.3. The molecule has 0 atom stereocenters. The lowest BCUT2D eigenvalue weighted by atomic mass is 10.0. The van der Waals surface area contributed by atoms with Gasteiger partial charge in [-0.1, -0.05) is 6.08 Å². The number of nitrogens with one attached hydrogen (secondary N) is 2. The number of aromatic amines is 1. The molecule has 27 heavy (non-hydrogen) atoms. The number of pyridine rings is 3. The summed E-state index contributed by atoms with van der Waals surface area (Å²) >= 11 is 0. The van der Waals surface area contributed by atoms with Crippen molar-refractivity contribution in [1.29, 1.82) is 0 Å². The van der Waals surface area contributed by atoms with E-state index < -0.39 is 0 Å². The molecule has 4 aromatic heterocycles. The molecule has 0 spiro atoms.